The van der Waals surface area contributed by atoms with Crippen molar-refractivity contribution in [3.63, 3.8) is 0 Å². The predicted octanol–water partition coefficient (Wildman–Crippen LogP) is 3.95. The Hall–Kier alpha value is -2.40. The Balaban J connectivity index is 1.98. The van der Waals surface area contributed by atoms with Crippen LogP contribution in [0, 0.1) is 17.1 Å². The van der Waals surface area contributed by atoms with E-state index in [0.29, 0.717) is 5.56 Å². The lowest BCUT2D eigenvalue weighted by Crippen LogP contribution is -1.81. The lowest BCUT2D eigenvalue weighted by atomic mass is 10.1. The summed E-state index contributed by atoms with van der Waals surface area (Å²) in [6, 6.07) is 15.9. The molecule has 1 nitrogen and oxygen atoms in total. The van der Waals surface area contributed by atoms with Crippen LogP contribution in [0.25, 0.3) is 6.08 Å². The number of rotatable bonds is 3. The van der Waals surface area contributed by atoms with Gasteiger partial charge < -0.3 is 0 Å². The molecule has 0 aliphatic carbocycles. The zero-order valence-corrected chi connectivity index (χ0v) is 9.81. The van der Waals surface area contributed by atoms with Crippen molar-refractivity contribution >= 4 is 6.08 Å². The minimum Gasteiger partial charge on any atom is -0.207 e. The molecule has 0 saturated heterocycles. The molecule has 0 spiro atoms. The molecular weight excluding hydrogens is 225 g/mol. The molecule has 0 heterocycles. The Kier molecular flexibility index (Phi) is 3.88. The van der Waals surface area contributed by atoms with Gasteiger partial charge in [0, 0.05) is 0 Å². The highest BCUT2D eigenvalue weighted by Gasteiger charge is 1.92. The Morgan fingerprint density at radius 3 is 2.28 bits per heavy atom. The van der Waals surface area contributed by atoms with E-state index in [9.17, 15) is 4.39 Å². The zero-order valence-electron chi connectivity index (χ0n) is 9.81. The first-order chi connectivity index (χ1) is 8.78. The first kappa shape index (κ1) is 12.1. The van der Waals surface area contributed by atoms with Crippen LogP contribution in [0.1, 0.15) is 16.7 Å². The van der Waals surface area contributed by atoms with E-state index in [1.165, 1.54) is 12.1 Å². The van der Waals surface area contributed by atoms with Gasteiger partial charge in [-0.2, -0.15) is 5.26 Å². The van der Waals surface area contributed by atoms with E-state index in [2.05, 4.69) is 6.07 Å². The predicted molar refractivity (Wildman–Crippen MR) is 70.3 cm³/mol. The Bertz CT molecular complexity index is 574. The van der Waals surface area contributed by atoms with Crippen LogP contribution >= 0.6 is 0 Å². The molecule has 0 amide bonds. The maximum atomic E-state index is 12.7. The average molecular weight is 237 g/mol. The standard InChI is InChI=1S/C16H12FN/c17-16-10-8-14(9-11-16)3-1-2-13-4-6-15(12-18)7-5-13/h1-2,4-11H,3H2. The third-order valence-corrected chi connectivity index (χ3v) is 2.62. The smallest absolute Gasteiger partial charge is 0.123 e. The van der Waals surface area contributed by atoms with Crippen molar-refractivity contribution in [1.82, 2.24) is 0 Å². The fourth-order valence-electron chi connectivity index (χ4n) is 1.62. The van der Waals surface area contributed by atoms with Crippen molar-refractivity contribution in [2.75, 3.05) is 0 Å². The molecule has 2 heteroatoms. The molecule has 0 radical (unpaired) electrons. The lowest BCUT2D eigenvalue weighted by Gasteiger charge is -1.96. The number of allylic oxidation sites excluding steroid dienone is 1. The summed E-state index contributed by atoms with van der Waals surface area (Å²) in [6.45, 7) is 0. The normalized spacial score (nSPS) is 10.4. The summed E-state index contributed by atoms with van der Waals surface area (Å²) in [5, 5.41) is 8.68. The highest BCUT2D eigenvalue weighted by Crippen LogP contribution is 2.08. The number of hydrogen-bond donors (Lipinski definition) is 0. The topological polar surface area (TPSA) is 23.8 Å². The minimum atomic E-state index is -0.213. The van der Waals surface area contributed by atoms with Crippen molar-refractivity contribution in [2.24, 2.45) is 0 Å². The maximum absolute atomic E-state index is 12.7. The van der Waals surface area contributed by atoms with Crippen LogP contribution in [0.15, 0.2) is 54.6 Å². The Morgan fingerprint density at radius 2 is 1.67 bits per heavy atom. The van der Waals surface area contributed by atoms with Gasteiger partial charge >= 0.3 is 0 Å². The van der Waals surface area contributed by atoms with E-state index in [4.69, 9.17) is 5.26 Å². The summed E-state index contributed by atoms with van der Waals surface area (Å²) >= 11 is 0. The molecule has 0 unspecified atom stereocenters. The number of hydrogen-bond acceptors (Lipinski definition) is 1. The summed E-state index contributed by atoms with van der Waals surface area (Å²) in [5.74, 6) is -0.213. The van der Waals surface area contributed by atoms with Crippen molar-refractivity contribution in [3.8, 4) is 6.07 Å². The number of benzene rings is 2. The van der Waals surface area contributed by atoms with Crippen LogP contribution in [-0.2, 0) is 6.42 Å². The second kappa shape index (κ2) is 5.79. The van der Waals surface area contributed by atoms with Crippen molar-refractivity contribution in [3.05, 3.63) is 77.1 Å². The quantitative estimate of drug-likeness (QED) is 0.792. The zero-order chi connectivity index (χ0) is 12.8. The fraction of sp³-hybridized carbons (Fsp3) is 0.0625. The van der Waals surface area contributed by atoms with Gasteiger partial charge in [-0.1, -0.05) is 36.4 Å². The lowest BCUT2D eigenvalue weighted by molar-refractivity contribution is 0.627. The minimum absolute atomic E-state index is 0.213. The van der Waals surface area contributed by atoms with Crippen molar-refractivity contribution in [2.45, 2.75) is 6.42 Å². The number of nitrogens with zero attached hydrogens (tertiary/aromatic N) is 1. The van der Waals surface area contributed by atoms with Gasteiger partial charge in [-0.25, -0.2) is 4.39 Å². The van der Waals surface area contributed by atoms with Crippen LogP contribution in [0.3, 0.4) is 0 Å². The van der Waals surface area contributed by atoms with E-state index < -0.39 is 0 Å². The van der Waals surface area contributed by atoms with Gasteiger partial charge in [-0.05, 0) is 41.8 Å². The molecule has 18 heavy (non-hydrogen) atoms. The van der Waals surface area contributed by atoms with E-state index in [1.807, 2.05) is 24.3 Å². The van der Waals surface area contributed by atoms with Crippen LogP contribution in [0.2, 0.25) is 0 Å². The molecule has 0 N–H and O–H groups in total. The van der Waals surface area contributed by atoms with Gasteiger partial charge in [0.05, 0.1) is 11.6 Å². The van der Waals surface area contributed by atoms with Crippen LogP contribution in [0.4, 0.5) is 4.39 Å². The first-order valence-corrected chi connectivity index (χ1v) is 5.69. The molecule has 0 aromatic heterocycles. The van der Waals surface area contributed by atoms with Gasteiger partial charge in [-0.3, -0.25) is 0 Å². The highest BCUT2D eigenvalue weighted by molar-refractivity contribution is 5.51. The molecule has 0 bridgehead atoms. The molecule has 0 aliphatic rings. The van der Waals surface area contributed by atoms with Crippen LogP contribution < -0.4 is 0 Å². The van der Waals surface area contributed by atoms with Gasteiger partial charge in [-0.15, -0.1) is 0 Å². The van der Waals surface area contributed by atoms with Gasteiger partial charge in [0.1, 0.15) is 5.82 Å². The van der Waals surface area contributed by atoms with Crippen LogP contribution in [0.5, 0.6) is 0 Å². The van der Waals surface area contributed by atoms with Crippen LogP contribution in [-0.4, -0.2) is 0 Å². The molecule has 0 aliphatic heterocycles. The SMILES string of the molecule is N#Cc1ccc(C=CCc2ccc(F)cc2)cc1. The molecule has 2 aromatic carbocycles. The maximum Gasteiger partial charge on any atom is 0.123 e. The van der Waals surface area contributed by atoms with E-state index >= 15 is 0 Å². The molecule has 2 aromatic rings. The van der Waals surface area contributed by atoms with Gasteiger partial charge in [0.2, 0.25) is 0 Å². The Morgan fingerprint density at radius 1 is 1.00 bits per heavy atom. The summed E-state index contributed by atoms with van der Waals surface area (Å²) < 4.78 is 12.7. The van der Waals surface area contributed by atoms with Crippen molar-refractivity contribution in [1.29, 1.82) is 5.26 Å². The van der Waals surface area contributed by atoms with Gasteiger partial charge in [0.25, 0.3) is 0 Å². The van der Waals surface area contributed by atoms with E-state index in [0.717, 1.165) is 17.5 Å². The second-order valence-electron chi connectivity index (χ2n) is 3.97. The summed E-state index contributed by atoms with van der Waals surface area (Å²) in [7, 11) is 0. The molecular formula is C16H12FN. The first-order valence-electron chi connectivity index (χ1n) is 5.69. The summed E-state index contributed by atoms with van der Waals surface area (Å²) in [5.41, 5.74) is 2.78. The average Bonchev–Trinajstić information content (AvgIpc) is 2.42. The third kappa shape index (κ3) is 3.29. The Labute approximate surface area is 106 Å². The summed E-state index contributed by atoms with van der Waals surface area (Å²) in [4.78, 5) is 0. The monoisotopic (exact) mass is 237 g/mol. The molecule has 0 fully saturated rings. The highest BCUT2D eigenvalue weighted by atomic mass is 19.1. The third-order valence-electron chi connectivity index (χ3n) is 2.62. The molecule has 2 rings (SSSR count). The van der Waals surface area contributed by atoms with Crippen molar-refractivity contribution < 1.29 is 4.39 Å². The fourth-order valence-corrected chi connectivity index (χ4v) is 1.62. The van der Waals surface area contributed by atoms with Gasteiger partial charge in [0.15, 0.2) is 0 Å². The molecule has 88 valence electrons. The molecule has 0 saturated carbocycles. The molecule has 0 atom stereocenters. The summed E-state index contributed by atoms with van der Waals surface area (Å²) in [6.07, 6.45) is 4.78. The van der Waals surface area contributed by atoms with E-state index in [-0.39, 0.29) is 5.82 Å². The number of nitriles is 1. The number of halogens is 1. The second-order valence-corrected chi connectivity index (χ2v) is 3.97. The van der Waals surface area contributed by atoms with E-state index in [1.54, 1.807) is 24.3 Å². The largest absolute Gasteiger partial charge is 0.207 e.